The highest BCUT2D eigenvalue weighted by Crippen LogP contribution is 2.17. The summed E-state index contributed by atoms with van der Waals surface area (Å²) in [4.78, 5) is 13.1. The Kier molecular flexibility index (Phi) is 5.85. The molecule has 0 unspecified atom stereocenters. The molecule has 0 aliphatic rings. The predicted molar refractivity (Wildman–Crippen MR) is 75.3 cm³/mol. The average molecular weight is 252 g/mol. The first kappa shape index (κ1) is 14.7. The highest BCUT2D eigenvalue weighted by molar-refractivity contribution is 5.50. The Morgan fingerprint density at radius 1 is 1.11 bits per heavy atom. The number of aromatic nitrogens is 2. The van der Waals surface area contributed by atoms with Gasteiger partial charge in [-0.1, -0.05) is 6.92 Å². The third kappa shape index (κ3) is 4.14. The van der Waals surface area contributed by atoms with Gasteiger partial charge in [-0.2, -0.15) is 0 Å². The molecule has 0 saturated heterocycles. The van der Waals surface area contributed by atoms with Gasteiger partial charge in [0.2, 0.25) is 0 Å². The van der Waals surface area contributed by atoms with Crippen LogP contribution in [-0.4, -0.2) is 48.9 Å². The first-order chi connectivity index (χ1) is 8.58. The van der Waals surface area contributed by atoms with Crippen LogP contribution in [0.15, 0.2) is 6.07 Å². The van der Waals surface area contributed by atoms with Gasteiger partial charge >= 0.3 is 0 Å². The average Bonchev–Trinajstić information content (AvgIpc) is 2.35. The molecule has 1 aromatic heterocycles. The molecule has 1 N–H and O–H groups in total. The normalized spacial score (nSPS) is 10.5. The molecule has 0 bridgehead atoms. The molecule has 0 saturated carbocycles. The molecular formula is C13H24N4O. The van der Waals surface area contributed by atoms with Crippen molar-refractivity contribution in [2.75, 3.05) is 43.6 Å². The number of hydrogen-bond donors (Lipinski definition) is 1. The number of anilines is 2. The van der Waals surface area contributed by atoms with Crippen molar-refractivity contribution in [3.63, 3.8) is 0 Å². The van der Waals surface area contributed by atoms with Crippen LogP contribution >= 0.6 is 0 Å². The number of aliphatic hydroxyl groups is 1. The minimum Gasteiger partial charge on any atom is -0.396 e. The lowest BCUT2D eigenvalue weighted by Gasteiger charge is -2.22. The summed E-state index contributed by atoms with van der Waals surface area (Å²) in [6.07, 6.45) is 1.84. The largest absolute Gasteiger partial charge is 0.396 e. The molecule has 5 heteroatoms. The topological polar surface area (TPSA) is 52.5 Å². The summed E-state index contributed by atoms with van der Waals surface area (Å²) in [5, 5.41) is 8.86. The fraction of sp³-hybridized carbons (Fsp3) is 0.692. The first-order valence-corrected chi connectivity index (χ1v) is 6.47. The molecule has 0 aliphatic heterocycles. The van der Waals surface area contributed by atoms with Crippen LogP contribution in [0.25, 0.3) is 0 Å². The van der Waals surface area contributed by atoms with Gasteiger partial charge in [0.15, 0.2) is 0 Å². The molecule has 0 aromatic carbocycles. The Balaban J connectivity index is 2.86. The van der Waals surface area contributed by atoms with Crippen LogP contribution in [0.2, 0.25) is 0 Å². The first-order valence-electron chi connectivity index (χ1n) is 6.47. The lowest BCUT2D eigenvalue weighted by molar-refractivity contribution is 0.290. The molecule has 0 radical (unpaired) electrons. The van der Waals surface area contributed by atoms with Gasteiger partial charge in [0.1, 0.15) is 17.5 Å². The molecular weight excluding hydrogens is 228 g/mol. The third-order valence-corrected chi connectivity index (χ3v) is 2.80. The Morgan fingerprint density at radius 2 is 1.67 bits per heavy atom. The van der Waals surface area contributed by atoms with E-state index in [1.54, 1.807) is 0 Å². The van der Waals surface area contributed by atoms with E-state index in [0.29, 0.717) is 0 Å². The van der Waals surface area contributed by atoms with Crippen molar-refractivity contribution in [2.45, 2.75) is 26.7 Å². The maximum absolute atomic E-state index is 8.86. The van der Waals surface area contributed by atoms with E-state index in [4.69, 9.17) is 5.11 Å². The van der Waals surface area contributed by atoms with Crippen molar-refractivity contribution in [3.05, 3.63) is 11.9 Å². The van der Waals surface area contributed by atoms with E-state index in [1.165, 1.54) is 0 Å². The van der Waals surface area contributed by atoms with Gasteiger partial charge in [-0.25, -0.2) is 9.97 Å². The maximum atomic E-state index is 8.86. The second-order valence-corrected chi connectivity index (χ2v) is 4.55. The van der Waals surface area contributed by atoms with Crippen LogP contribution in [-0.2, 0) is 0 Å². The van der Waals surface area contributed by atoms with Gasteiger partial charge in [-0.3, -0.25) is 0 Å². The van der Waals surface area contributed by atoms with Crippen molar-refractivity contribution in [2.24, 2.45) is 0 Å². The number of aliphatic hydroxyl groups excluding tert-OH is 1. The Bertz CT molecular complexity index is 370. The predicted octanol–water partition coefficient (Wildman–Crippen LogP) is 1.45. The molecule has 1 rings (SSSR count). The summed E-state index contributed by atoms with van der Waals surface area (Å²) in [5.41, 5.74) is 0. The zero-order valence-corrected chi connectivity index (χ0v) is 11.8. The number of nitrogens with zero attached hydrogens (tertiary/aromatic N) is 4. The van der Waals surface area contributed by atoms with E-state index < -0.39 is 0 Å². The molecule has 102 valence electrons. The monoisotopic (exact) mass is 252 g/mol. The quantitative estimate of drug-likeness (QED) is 0.796. The zero-order valence-electron chi connectivity index (χ0n) is 11.8. The number of rotatable bonds is 7. The number of aryl methyl sites for hydroxylation is 1. The highest BCUT2D eigenvalue weighted by atomic mass is 16.3. The van der Waals surface area contributed by atoms with E-state index in [1.807, 2.05) is 32.0 Å². The smallest absolute Gasteiger partial charge is 0.134 e. The lowest BCUT2D eigenvalue weighted by atomic mass is 10.3. The van der Waals surface area contributed by atoms with E-state index in [0.717, 1.165) is 43.4 Å². The SMILES string of the molecule is CCCN(C)c1cc(N(C)CCCO)nc(C)n1. The van der Waals surface area contributed by atoms with Gasteiger partial charge in [-0.05, 0) is 19.8 Å². The van der Waals surface area contributed by atoms with Gasteiger partial charge in [0, 0.05) is 39.9 Å². The minimum absolute atomic E-state index is 0.205. The van der Waals surface area contributed by atoms with Crippen molar-refractivity contribution in [3.8, 4) is 0 Å². The van der Waals surface area contributed by atoms with Crippen molar-refractivity contribution in [1.82, 2.24) is 9.97 Å². The number of hydrogen-bond acceptors (Lipinski definition) is 5. The lowest BCUT2D eigenvalue weighted by Crippen LogP contribution is -2.24. The summed E-state index contributed by atoms with van der Waals surface area (Å²) < 4.78 is 0. The molecule has 1 aromatic rings. The molecule has 1 heterocycles. The van der Waals surface area contributed by atoms with E-state index in [9.17, 15) is 0 Å². The molecule has 0 atom stereocenters. The van der Waals surface area contributed by atoms with E-state index in [-0.39, 0.29) is 6.61 Å². The molecule has 0 aliphatic carbocycles. The Hall–Kier alpha value is -1.36. The molecule has 0 amide bonds. The van der Waals surface area contributed by atoms with Crippen LogP contribution in [0, 0.1) is 6.92 Å². The maximum Gasteiger partial charge on any atom is 0.134 e. The molecule has 18 heavy (non-hydrogen) atoms. The van der Waals surface area contributed by atoms with Crippen molar-refractivity contribution in [1.29, 1.82) is 0 Å². The van der Waals surface area contributed by atoms with Crippen LogP contribution in [0.4, 0.5) is 11.6 Å². The summed E-state index contributed by atoms with van der Waals surface area (Å²) in [7, 11) is 4.03. The summed E-state index contributed by atoms with van der Waals surface area (Å²) in [5.74, 6) is 2.64. The van der Waals surface area contributed by atoms with Crippen LogP contribution in [0.3, 0.4) is 0 Å². The van der Waals surface area contributed by atoms with Crippen LogP contribution < -0.4 is 9.80 Å². The van der Waals surface area contributed by atoms with Crippen LogP contribution in [0.5, 0.6) is 0 Å². The third-order valence-electron chi connectivity index (χ3n) is 2.80. The minimum atomic E-state index is 0.205. The van der Waals surface area contributed by atoms with Crippen molar-refractivity contribution < 1.29 is 5.11 Å². The van der Waals surface area contributed by atoms with Gasteiger partial charge in [-0.15, -0.1) is 0 Å². The molecule has 0 spiro atoms. The van der Waals surface area contributed by atoms with E-state index in [2.05, 4.69) is 21.8 Å². The zero-order chi connectivity index (χ0) is 13.5. The Labute approximate surface area is 109 Å². The second-order valence-electron chi connectivity index (χ2n) is 4.55. The molecule has 5 nitrogen and oxygen atoms in total. The highest BCUT2D eigenvalue weighted by Gasteiger charge is 2.09. The summed E-state index contributed by atoms with van der Waals surface area (Å²) in [6.45, 7) is 6.04. The second kappa shape index (κ2) is 7.16. The van der Waals surface area contributed by atoms with Crippen LogP contribution in [0.1, 0.15) is 25.6 Å². The Morgan fingerprint density at radius 3 is 2.17 bits per heavy atom. The summed E-state index contributed by atoms with van der Waals surface area (Å²) >= 11 is 0. The van der Waals surface area contributed by atoms with Gasteiger partial charge < -0.3 is 14.9 Å². The van der Waals surface area contributed by atoms with Crippen molar-refractivity contribution >= 4 is 11.6 Å². The van der Waals surface area contributed by atoms with E-state index >= 15 is 0 Å². The van der Waals surface area contributed by atoms with Gasteiger partial charge in [0.25, 0.3) is 0 Å². The summed E-state index contributed by atoms with van der Waals surface area (Å²) in [6, 6.07) is 2.00. The van der Waals surface area contributed by atoms with Gasteiger partial charge in [0.05, 0.1) is 0 Å². The standard InChI is InChI=1S/C13H24N4O/c1-5-7-16(3)12-10-13(15-11(2)14-12)17(4)8-6-9-18/h10,18H,5-9H2,1-4H3. The molecule has 0 fully saturated rings. The fourth-order valence-electron chi connectivity index (χ4n) is 1.80. The fourth-order valence-corrected chi connectivity index (χ4v) is 1.80.